The molecule has 4 rings (SSSR count). The molecule has 0 N–H and O–H groups in total. The van der Waals surface area contributed by atoms with E-state index in [-0.39, 0.29) is 5.91 Å². The summed E-state index contributed by atoms with van der Waals surface area (Å²) in [5.41, 5.74) is 2.12. The van der Waals surface area contributed by atoms with Crippen LogP contribution in [0.2, 0.25) is 0 Å². The first-order valence-corrected chi connectivity index (χ1v) is 7.74. The molecule has 122 valence electrons. The van der Waals surface area contributed by atoms with Crippen molar-refractivity contribution in [2.45, 2.75) is 6.92 Å². The first-order valence-electron chi connectivity index (χ1n) is 7.74. The number of rotatable bonds is 2. The summed E-state index contributed by atoms with van der Waals surface area (Å²) in [6.07, 6.45) is 4.96. The molecule has 8 nitrogen and oxygen atoms in total. The standard InChI is InChI=1S/C16H16N6O2/c1-11-13(15(23)21-6-8-24-9-7-21)10-18-16-19-14(20-22(11)16)12-2-4-17-5-3-12/h2-5,10H,6-9H2,1H3. The minimum Gasteiger partial charge on any atom is -0.378 e. The van der Waals surface area contributed by atoms with Crippen molar-refractivity contribution in [1.82, 2.24) is 29.5 Å². The Hall–Kier alpha value is -2.87. The second-order valence-corrected chi connectivity index (χ2v) is 5.54. The molecule has 0 saturated carbocycles. The molecule has 1 fully saturated rings. The molecule has 0 unspecified atom stereocenters. The highest BCUT2D eigenvalue weighted by Gasteiger charge is 2.22. The lowest BCUT2D eigenvalue weighted by molar-refractivity contribution is 0.0301. The Morgan fingerprint density at radius 2 is 1.96 bits per heavy atom. The Bertz CT molecular complexity index is 886. The number of morpholine rings is 1. The highest BCUT2D eigenvalue weighted by molar-refractivity contribution is 5.95. The van der Waals surface area contributed by atoms with Gasteiger partial charge in [0.2, 0.25) is 0 Å². The van der Waals surface area contributed by atoms with Gasteiger partial charge < -0.3 is 9.64 Å². The summed E-state index contributed by atoms with van der Waals surface area (Å²) >= 11 is 0. The van der Waals surface area contributed by atoms with Gasteiger partial charge in [0.05, 0.1) is 24.5 Å². The highest BCUT2D eigenvalue weighted by Crippen LogP contribution is 2.17. The Morgan fingerprint density at radius 3 is 2.71 bits per heavy atom. The second-order valence-electron chi connectivity index (χ2n) is 5.54. The summed E-state index contributed by atoms with van der Waals surface area (Å²) in [5, 5.41) is 4.49. The van der Waals surface area contributed by atoms with E-state index in [1.807, 2.05) is 19.1 Å². The van der Waals surface area contributed by atoms with Crippen LogP contribution in [-0.4, -0.2) is 61.7 Å². The highest BCUT2D eigenvalue weighted by atomic mass is 16.5. The van der Waals surface area contributed by atoms with Gasteiger partial charge in [0.25, 0.3) is 11.7 Å². The number of ether oxygens (including phenoxy) is 1. The Balaban J connectivity index is 1.73. The topological polar surface area (TPSA) is 85.5 Å². The lowest BCUT2D eigenvalue weighted by Crippen LogP contribution is -2.41. The minimum atomic E-state index is -0.0499. The van der Waals surface area contributed by atoms with Crippen LogP contribution in [0.1, 0.15) is 16.1 Å². The van der Waals surface area contributed by atoms with Crippen LogP contribution < -0.4 is 0 Å². The maximum absolute atomic E-state index is 12.7. The normalized spacial score (nSPS) is 15.0. The number of carbonyl (C=O) groups excluding carboxylic acids is 1. The molecule has 1 aliphatic rings. The van der Waals surface area contributed by atoms with E-state index in [0.717, 1.165) is 11.3 Å². The summed E-state index contributed by atoms with van der Waals surface area (Å²) in [5.74, 6) is 0.980. The fourth-order valence-electron chi connectivity index (χ4n) is 2.71. The van der Waals surface area contributed by atoms with Gasteiger partial charge in [-0.1, -0.05) is 0 Å². The number of hydrogen-bond donors (Lipinski definition) is 0. The molecule has 0 aromatic carbocycles. The quantitative estimate of drug-likeness (QED) is 0.698. The molecule has 0 atom stereocenters. The molecule has 24 heavy (non-hydrogen) atoms. The number of amides is 1. The molecule has 4 heterocycles. The van der Waals surface area contributed by atoms with Crippen LogP contribution in [0.25, 0.3) is 17.2 Å². The second kappa shape index (κ2) is 5.97. The van der Waals surface area contributed by atoms with Crippen molar-refractivity contribution < 1.29 is 9.53 Å². The van der Waals surface area contributed by atoms with Gasteiger partial charge in [0, 0.05) is 37.2 Å². The molecular formula is C16H16N6O2. The van der Waals surface area contributed by atoms with Gasteiger partial charge in [-0.25, -0.2) is 9.50 Å². The third-order valence-electron chi connectivity index (χ3n) is 4.07. The first kappa shape index (κ1) is 14.7. The number of nitrogens with zero attached hydrogens (tertiary/aromatic N) is 6. The third kappa shape index (κ3) is 2.50. The Morgan fingerprint density at radius 1 is 1.21 bits per heavy atom. The predicted molar refractivity (Wildman–Crippen MR) is 85.5 cm³/mol. The average Bonchev–Trinajstić information content (AvgIpc) is 3.08. The van der Waals surface area contributed by atoms with Gasteiger partial charge in [0.1, 0.15) is 0 Å². The molecule has 0 radical (unpaired) electrons. The number of pyridine rings is 1. The smallest absolute Gasteiger partial charge is 0.257 e. The minimum absolute atomic E-state index is 0.0499. The van der Waals surface area contributed by atoms with E-state index in [2.05, 4.69) is 20.1 Å². The van der Waals surface area contributed by atoms with Crippen LogP contribution in [0.5, 0.6) is 0 Å². The fourth-order valence-corrected chi connectivity index (χ4v) is 2.71. The van der Waals surface area contributed by atoms with E-state index in [1.165, 1.54) is 0 Å². The molecule has 1 aliphatic heterocycles. The molecular weight excluding hydrogens is 308 g/mol. The number of aromatic nitrogens is 5. The zero-order valence-electron chi connectivity index (χ0n) is 13.2. The summed E-state index contributed by atoms with van der Waals surface area (Å²) in [6.45, 7) is 4.17. The van der Waals surface area contributed by atoms with Gasteiger partial charge in [-0.15, -0.1) is 5.10 Å². The maximum atomic E-state index is 12.7. The van der Waals surface area contributed by atoms with E-state index in [9.17, 15) is 4.79 Å². The Kier molecular flexibility index (Phi) is 3.66. The molecule has 3 aromatic heterocycles. The third-order valence-corrected chi connectivity index (χ3v) is 4.07. The van der Waals surface area contributed by atoms with Crippen LogP contribution in [0.15, 0.2) is 30.7 Å². The SMILES string of the molecule is Cc1c(C(=O)N2CCOCC2)cnc2nc(-c3ccncc3)nn12. The van der Waals surface area contributed by atoms with Crippen molar-refractivity contribution in [3.05, 3.63) is 42.0 Å². The van der Waals surface area contributed by atoms with E-state index in [1.54, 1.807) is 28.0 Å². The van der Waals surface area contributed by atoms with Crippen molar-refractivity contribution in [3.8, 4) is 11.4 Å². The van der Waals surface area contributed by atoms with Crippen LogP contribution >= 0.6 is 0 Å². The lowest BCUT2D eigenvalue weighted by atomic mass is 10.2. The number of aryl methyl sites for hydroxylation is 1. The molecule has 0 bridgehead atoms. The van der Waals surface area contributed by atoms with Crippen molar-refractivity contribution in [2.24, 2.45) is 0 Å². The largest absolute Gasteiger partial charge is 0.378 e. The monoisotopic (exact) mass is 324 g/mol. The average molecular weight is 324 g/mol. The van der Waals surface area contributed by atoms with Crippen molar-refractivity contribution >= 4 is 11.7 Å². The van der Waals surface area contributed by atoms with Gasteiger partial charge in [-0.05, 0) is 19.1 Å². The molecule has 1 saturated heterocycles. The fraction of sp³-hybridized carbons (Fsp3) is 0.312. The number of hydrogen-bond acceptors (Lipinski definition) is 6. The zero-order chi connectivity index (χ0) is 16.5. The Labute approximate surface area is 138 Å². The number of fused-ring (bicyclic) bond motifs is 1. The van der Waals surface area contributed by atoms with Gasteiger partial charge in [0.15, 0.2) is 5.82 Å². The van der Waals surface area contributed by atoms with Crippen molar-refractivity contribution in [1.29, 1.82) is 0 Å². The van der Waals surface area contributed by atoms with Crippen molar-refractivity contribution in [3.63, 3.8) is 0 Å². The summed E-state index contributed by atoms with van der Waals surface area (Å²) in [4.78, 5) is 27.2. The van der Waals surface area contributed by atoms with Crippen molar-refractivity contribution in [2.75, 3.05) is 26.3 Å². The van der Waals surface area contributed by atoms with E-state index >= 15 is 0 Å². The van der Waals surface area contributed by atoms with Crippen LogP contribution in [0, 0.1) is 6.92 Å². The molecule has 0 aliphatic carbocycles. The summed E-state index contributed by atoms with van der Waals surface area (Å²) < 4.78 is 6.91. The number of carbonyl (C=O) groups is 1. The molecule has 0 spiro atoms. The van der Waals surface area contributed by atoms with E-state index in [4.69, 9.17) is 4.74 Å². The van der Waals surface area contributed by atoms with Gasteiger partial charge in [-0.2, -0.15) is 4.98 Å². The lowest BCUT2D eigenvalue weighted by Gasteiger charge is -2.27. The molecule has 8 heteroatoms. The zero-order valence-corrected chi connectivity index (χ0v) is 13.2. The maximum Gasteiger partial charge on any atom is 0.257 e. The predicted octanol–water partition coefficient (Wildman–Crippen LogP) is 0.967. The van der Waals surface area contributed by atoms with E-state index < -0.39 is 0 Å². The summed E-state index contributed by atoms with van der Waals surface area (Å²) in [7, 11) is 0. The first-order chi connectivity index (χ1) is 11.7. The van der Waals surface area contributed by atoms with Crippen LogP contribution in [0.4, 0.5) is 0 Å². The molecule has 3 aromatic rings. The van der Waals surface area contributed by atoms with E-state index in [0.29, 0.717) is 43.5 Å². The van der Waals surface area contributed by atoms with Crippen LogP contribution in [0.3, 0.4) is 0 Å². The van der Waals surface area contributed by atoms with Crippen LogP contribution in [-0.2, 0) is 4.74 Å². The summed E-state index contributed by atoms with van der Waals surface area (Å²) in [6, 6.07) is 3.67. The van der Waals surface area contributed by atoms with Gasteiger partial charge >= 0.3 is 0 Å². The van der Waals surface area contributed by atoms with Gasteiger partial charge in [-0.3, -0.25) is 9.78 Å². The molecule has 1 amide bonds.